The fourth-order valence-corrected chi connectivity index (χ4v) is 2.82. The first-order chi connectivity index (χ1) is 9.65. The molecule has 0 bridgehead atoms. The molecule has 2 aliphatic rings. The molecule has 2 heterocycles. The molecule has 0 aliphatic carbocycles. The smallest absolute Gasteiger partial charge is 0.134 e. The summed E-state index contributed by atoms with van der Waals surface area (Å²) in [5, 5.41) is 6.74. The van der Waals surface area contributed by atoms with Gasteiger partial charge < -0.3 is 15.5 Å². The van der Waals surface area contributed by atoms with Crippen molar-refractivity contribution in [1.29, 1.82) is 0 Å². The molecule has 0 aromatic carbocycles. The summed E-state index contributed by atoms with van der Waals surface area (Å²) >= 11 is 0. The molecule has 0 amide bonds. The summed E-state index contributed by atoms with van der Waals surface area (Å²) in [4.78, 5) is 7.14. The lowest BCUT2D eigenvalue weighted by Crippen LogP contribution is -2.49. The molecule has 1 atom stereocenters. The molecule has 110 valence electrons. The van der Waals surface area contributed by atoms with E-state index < -0.39 is 0 Å². The molecule has 4 nitrogen and oxygen atoms in total. The van der Waals surface area contributed by atoms with Crippen LogP contribution in [0.1, 0.15) is 27.7 Å². The van der Waals surface area contributed by atoms with Crippen LogP contribution in [0.4, 0.5) is 0 Å². The minimum atomic E-state index is 0.529. The molecule has 1 fully saturated rings. The Hall–Kier alpha value is -1.55. The number of piperazine rings is 1. The van der Waals surface area contributed by atoms with Gasteiger partial charge in [0.15, 0.2) is 0 Å². The van der Waals surface area contributed by atoms with Crippen LogP contribution in [0.15, 0.2) is 40.2 Å². The van der Waals surface area contributed by atoms with Gasteiger partial charge in [-0.3, -0.25) is 4.99 Å². The average Bonchev–Trinajstić information content (AvgIpc) is 2.80. The molecule has 0 aromatic heterocycles. The SMILES string of the molecule is C/C=C\CN=C1NC=C(C)/C1=C(/C)N1CCNC[C@@H]1C. The van der Waals surface area contributed by atoms with Crippen LogP contribution in [0.25, 0.3) is 0 Å². The van der Waals surface area contributed by atoms with Crippen molar-refractivity contribution in [3.8, 4) is 0 Å². The van der Waals surface area contributed by atoms with Gasteiger partial charge in [0.2, 0.25) is 0 Å². The molecule has 2 N–H and O–H groups in total. The van der Waals surface area contributed by atoms with Crippen LogP contribution < -0.4 is 10.6 Å². The molecule has 0 spiro atoms. The van der Waals surface area contributed by atoms with Crippen LogP contribution in [-0.2, 0) is 0 Å². The summed E-state index contributed by atoms with van der Waals surface area (Å²) < 4.78 is 0. The van der Waals surface area contributed by atoms with E-state index in [4.69, 9.17) is 0 Å². The molecular weight excluding hydrogens is 248 g/mol. The Bertz CT molecular complexity index is 471. The van der Waals surface area contributed by atoms with E-state index in [0.717, 1.165) is 32.0 Å². The number of hydrogen-bond acceptors (Lipinski definition) is 3. The molecule has 0 unspecified atom stereocenters. The van der Waals surface area contributed by atoms with Crippen molar-refractivity contribution in [2.45, 2.75) is 33.7 Å². The fraction of sp³-hybridized carbons (Fsp3) is 0.562. The van der Waals surface area contributed by atoms with Crippen molar-refractivity contribution in [3.63, 3.8) is 0 Å². The Morgan fingerprint density at radius 1 is 1.55 bits per heavy atom. The standard InChI is InChI=1S/C16H26N4/c1-5-6-7-18-16-15(12(2)10-19-16)14(4)20-9-8-17-11-13(20)3/h5-6,10,13,17H,7-9,11H2,1-4H3,(H,18,19)/b6-5-,15-14+/t13-/m0/s1. The normalized spacial score (nSPS) is 28.0. The lowest BCUT2D eigenvalue weighted by molar-refractivity contribution is 0.223. The Balaban J connectivity index is 2.26. The van der Waals surface area contributed by atoms with E-state index >= 15 is 0 Å². The number of rotatable bonds is 3. The predicted octanol–water partition coefficient (Wildman–Crippen LogP) is 2.04. The zero-order chi connectivity index (χ0) is 14.5. The zero-order valence-corrected chi connectivity index (χ0v) is 13.0. The minimum absolute atomic E-state index is 0.529. The Labute approximate surface area is 122 Å². The fourth-order valence-electron chi connectivity index (χ4n) is 2.82. The van der Waals surface area contributed by atoms with Gasteiger partial charge in [-0.2, -0.15) is 0 Å². The third-order valence-corrected chi connectivity index (χ3v) is 3.94. The monoisotopic (exact) mass is 274 g/mol. The highest BCUT2D eigenvalue weighted by molar-refractivity contribution is 6.06. The largest absolute Gasteiger partial charge is 0.369 e. The number of nitrogens with one attached hydrogen (secondary N) is 2. The van der Waals surface area contributed by atoms with E-state index in [0.29, 0.717) is 6.04 Å². The van der Waals surface area contributed by atoms with E-state index in [-0.39, 0.29) is 0 Å². The van der Waals surface area contributed by atoms with Crippen LogP contribution in [0.3, 0.4) is 0 Å². The highest BCUT2D eigenvalue weighted by atomic mass is 15.2. The quantitative estimate of drug-likeness (QED) is 0.774. The maximum atomic E-state index is 4.65. The summed E-state index contributed by atoms with van der Waals surface area (Å²) in [6, 6.07) is 0.529. The Morgan fingerprint density at radius 2 is 2.35 bits per heavy atom. The van der Waals surface area contributed by atoms with Gasteiger partial charge in [-0.05, 0) is 33.3 Å². The van der Waals surface area contributed by atoms with Crippen LogP contribution >= 0.6 is 0 Å². The Kier molecular flexibility index (Phi) is 5.01. The summed E-state index contributed by atoms with van der Waals surface area (Å²) in [5.41, 5.74) is 3.87. The van der Waals surface area contributed by atoms with Gasteiger partial charge in [0, 0.05) is 43.1 Å². The summed E-state index contributed by atoms with van der Waals surface area (Å²) in [6.45, 7) is 12.6. The summed E-state index contributed by atoms with van der Waals surface area (Å²) in [5.74, 6) is 1.00. The van der Waals surface area contributed by atoms with Gasteiger partial charge in [0.05, 0.1) is 6.54 Å². The Morgan fingerprint density at radius 3 is 3.05 bits per heavy atom. The van der Waals surface area contributed by atoms with Crippen LogP contribution in [0.5, 0.6) is 0 Å². The van der Waals surface area contributed by atoms with Crippen LogP contribution in [0.2, 0.25) is 0 Å². The third-order valence-electron chi connectivity index (χ3n) is 3.94. The van der Waals surface area contributed by atoms with Crippen molar-refractivity contribution in [2.24, 2.45) is 4.99 Å². The highest BCUT2D eigenvalue weighted by Crippen LogP contribution is 2.24. The van der Waals surface area contributed by atoms with E-state index in [1.54, 1.807) is 0 Å². The number of allylic oxidation sites excluding steroid dienone is 2. The van der Waals surface area contributed by atoms with Gasteiger partial charge in [-0.1, -0.05) is 12.2 Å². The second-order valence-corrected chi connectivity index (χ2v) is 5.44. The molecule has 1 saturated heterocycles. The predicted molar refractivity (Wildman–Crippen MR) is 85.7 cm³/mol. The molecule has 0 saturated carbocycles. The van der Waals surface area contributed by atoms with Crippen molar-refractivity contribution in [2.75, 3.05) is 26.2 Å². The van der Waals surface area contributed by atoms with Gasteiger partial charge in [-0.25, -0.2) is 0 Å². The lowest BCUT2D eigenvalue weighted by atomic mass is 10.1. The molecule has 2 aliphatic heterocycles. The first kappa shape index (κ1) is 14.9. The van der Waals surface area contributed by atoms with Crippen molar-refractivity contribution < 1.29 is 0 Å². The van der Waals surface area contributed by atoms with Gasteiger partial charge in [-0.15, -0.1) is 0 Å². The topological polar surface area (TPSA) is 39.7 Å². The second-order valence-electron chi connectivity index (χ2n) is 5.44. The minimum Gasteiger partial charge on any atom is -0.369 e. The van der Waals surface area contributed by atoms with Gasteiger partial charge in [0.25, 0.3) is 0 Å². The molecule has 0 aromatic rings. The van der Waals surface area contributed by atoms with Gasteiger partial charge in [0.1, 0.15) is 5.84 Å². The van der Waals surface area contributed by atoms with E-state index in [2.05, 4.69) is 53.6 Å². The van der Waals surface area contributed by atoms with Crippen LogP contribution in [-0.4, -0.2) is 43.0 Å². The van der Waals surface area contributed by atoms with Crippen LogP contribution in [0, 0.1) is 0 Å². The lowest BCUT2D eigenvalue weighted by Gasteiger charge is -2.37. The molecule has 0 radical (unpaired) electrons. The number of nitrogens with zero attached hydrogens (tertiary/aromatic N) is 2. The maximum absolute atomic E-state index is 4.65. The summed E-state index contributed by atoms with van der Waals surface area (Å²) in [6.07, 6.45) is 6.16. The highest BCUT2D eigenvalue weighted by Gasteiger charge is 2.24. The second kappa shape index (κ2) is 6.75. The van der Waals surface area contributed by atoms with Crippen molar-refractivity contribution in [3.05, 3.63) is 35.2 Å². The molecule has 2 rings (SSSR count). The van der Waals surface area contributed by atoms with Crippen molar-refractivity contribution >= 4 is 5.84 Å². The molecule has 4 heteroatoms. The zero-order valence-electron chi connectivity index (χ0n) is 13.0. The third kappa shape index (κ3) is 3.12. The van der Waals surface area contributed by atoms with Gasteiger partial charge >= 0.3 is 0 Å². The van der Waals surface area contributed by atoms with E-state index in [1.165, 1.54) is 16.8 Å². The first-order valence-corrected chi connectivity index (χ1v) is 7.43. The number of aliphatic imine (C=N–C) groups is 1. The molecular formula is C16H26N4. The van der Waals surface area contributed by atoms with Crippen molar-refractivity contribution in [1.82, 2.24) is 15.5 Å². The number of amidine groups is 1. The maximum Gasteiger partial charge on any atom is 0.134 e. The number of hydrogen-bond donors (Lipinski definition) is 2. The first-order valence-electron chi connectivity index (χ1n) is 7.43. The van der Waals surface area contributed by atoms with E-state index in [9.17, 15) is 0 Å². The van der Waals surface area contributed by atoms with E-state index in [1.807, 2.05) is 13.0 Å². The molecule has 20 heavy (non-hydrogen) atoms. The summed E-state index contributed by atoms with van der Waals surface area (Å²) in [7, 11) is 0. The average molecular weight is 274 g/mol.